The number of carbonyl (C=O) groups excluding carboxylic acids is 1. The summed E-state index contributed by atoms with van der Waals surface area (Å²) in [4.78, 5) is 29.7. The van der Waals surface area contributed by atoms with E-state index in [-0.39, 0.29) is 5.56 Å². The van der Waals surface area contributed by atoms with Crippen molar-refractivity contribution in [1.29, 1.82) is 0 Å². The summed E-state index contributed by atoms with van der Waals surface area (Å²) in [5.41, 5.74) is 8.84. The van der Waals surface area contributed by atoms with Gasteiger partial charge in [-0.15, -0.1) is 0 Å². The highest BCUT2D eigenvalue weighted by Crippen LogP contribution is 2.28. The van der Waals surface area contributed by atoms with Gasteiger partial charge >= 0.3 is 0 Å². The highest BCUT2D eigenvalue weighted by molar-refractivity contribution is 8.00. The number of hydrogen-bond acceptors (Lipinski definition) is 4. The number of aromatic nitrogens is 2. The monoisotopic (exact) mass is 367 g/mol. The van der Waals surface area contributed by atoms with E-state index in [9.17, 15) is 9.59 Å². The second-order valence-electron chi connectivity index (χ2n) is 6.19. The first-order valence-corrected chi connectivity index (χ1v) is 9.36. The maximum Gasteiger partial charge on any atom is 0.266 e. The molecule has 0 saturated carbocycles. The highest BCUT2D eigenvalue weighted by Gasteiger charge is 2.21. The van der Waals surface area contributed by atoms with Crippen LogP contribution in [0.15, 0.2) is 52.4 Å². The van der Waals surface area contributed by atoms with Crippen LogP contribution in [0.1, 0.15) is 24.5 Å². The van der Waals surface area contributed by atoms with Gasteiger partial charge in [0.1, 0.15) is 0 Å². The van der Waals surface area contributed by atoms with Gasteiger partial charge < -0.3 is 5.73 Å². The van der Waals surface area contributed by atoms with Crippen LogP contribution in [0.5, 0.6) is 0 Å². The normalized spacial score (nSPS) is 12.3. The summed E-state index contributed by atoms with van der Waals surface area (Å²) in [6.45, 7) is 5.87. The second kappa shape index (κ2) is 7.33. The van der Waals surface area contributed by atoms with E-state index >= 15 is 0 Å². The molecule has 1 atom stereocenters. The van der Waals surface area contributed by atoms with E-state index in [2.05, 4.69) is 4.98 Å². The topological polar surface area (TPSA) is 78.0 Å². The molecule has 1 heterocycles. The predicted octanol–water partition coefficient (Wildman–Crippen LogP) is 3.36. The van der Waals surface area contributed by atoms with Gasteiger partial charge in [0, 0.05) is 0 Å². The van der Waals surface area contributed by atoms with E-state index < -0.39 is 11.2 Å². The number of nitrogens with two attached hydrogens (primary N) is 1. The van der Waals surface area contributed by atoms with Crippen LogP contribution in [0, 0.1) is 13.8 Å². The largest absolute Gasteiger partial charge is 0.369 e. The molecule has 0 bridgehead atoms. The molecule has 0 aliphatic rings. The molecule has 0 spiro atoms. The Bertz CT molecular complexity index is 1040. The number of aryl methyl sites for hydroxylation is 1. The molecular formula is C20H21N3O2S. The number of amides is 1. The van der Waals surface area contributed by atoms with Crippen LogP contribution in [0.2, 0.25) is 0 Å². The summed E-state index contributed by atoms with van der Waals surface area (Å²) in [6, 6.07) is 13.1. The summed E-state index contributed by atoms with van der Waals surface area (Å²) in [5.74, 6) is -0.410. The Hall–Kier alpha value is -2.60. The number of thioether (sulfide) groups is 1. The van der Waals surface area contributed by atoms with E-state index in [1.165, 1.54) is 11.8 Å². The number of fused-ring (bicyclic) bond motifs is 1. The summed E-state index contributed by atoms with van der Waals surface area (Å²) in [5, 5.41) is 0.581. The van der Waals surface area contributed by atoms with Crippen molar-refractivity contribution in [3.63, 3.8) is 0 Å². The van der Waals surface area contributed by atoms with Crippen molar-refractivity contribution in [3.8, 4) is 5.69 Å². The SMILES string of the molecule is CCC(Sc1nc2ccccc2c(=O)n1-c1cccc(C)c1C)C(N)=O. The molecule has 134 valence electrons. The van der Waals surface area contributed by atoms with E-state index in [4.69, 9.17) is 5.73 Å². The maximum atomic E-state index is 13.2. The fourth-order valence-corrected chi connectivity index (χ4v) is 3.83. The third-order valence-corrected chi connectivity index (χ3v) is 5.83. The van der Waals surface area contributed by atoms with E-state index in [1.807, 2.05) is 51.1 Å². The Morgan fingerprint density at radius 2 is 1.92 bits per heavy atom. The summed E-state index contributed by atoms with van der Waals surface area (Å²) in [7, 11) is 0. The average Bonchev–Trinajstić information content (AvgIpc) is 2.62. The summed E-state index contributed by atoms with van der Waals surface area (Å²) >= 11 is 1.24. The lowest BCUT2D eigenvalue weighted by Gasteiger charge is -2.18. The number of primary amides is 1. The lowest BCUT2D eigenvalue weighted by atomic mass is 10.1. The fraction of sp³-hybridized carbons (Fsp3) is 0.250. The maximum absolute atomic E-state index is 13.2. The van der Waals surface area contributed by atoms with Gasteiger partial charge in [0.2, 0.25) is 5.91 Å². The van der Waals surface area contributed by atoms with Crippen LogP contribution in [-0.4, -0.2) is 20.7 Å². The first-order chi connectivity index (χ1) is 12.4. The molecule has 5 nitrogen and oxygen atoms in total. The predicted molar refractivity (Wildman–Crippen MR) is 106 cm³/mol. The first-order valence-electron chi connectivity index (χ1n) is 8.48. The Morgan fingerprint density at radius 3 is 2.62 bits per heavy atom. The Balaban J connectivity index is 2.33. The first kappa shape index (κ1) is 18.2. The van der Waals surface area contributed by atoms with E-state index in [0.717, 1.165) is 16.8 Å². The van der Waals surface area contributed by atoms with Crippen molar-refractivity contribution in [3.05, 3.63) is 63.9 Å². The molecular weight excluding hydrogens is 346 g/mol. The van der Waals surface area contributed by atoms with Crippen LogP contribution in [-0.2, 0) is 4.79 Å². The van der Waals surface area contributed by atoms with Crippen molar-refractivity contribution in [2.24, 2.45) is 5.73 Å². The van der Waals surface area contributed by atoms with Crippen molar-refractivity contribution >= 4 is 28.6 Å². The molecule has 0 saturated heterocycles. The van der Waals surface area contributed by atoms with Gasteiger partial charge in [-0.2, -0.15) is 0 Å². The van der Waals surface area contributed by atoms with Crippen LogP contribution in [0.3, 0.4) is 0 Å². The zero-order chi connectivity index (χ0) is 18.8. The standard InChI is InChI=1S/C20H21N3O2S/c1-4-17(18(21)24)26-20-22-15-10-6-5-9-14(15)19(25)23(20)16-11-7-8-12(2)13(16)3/h5-11,17H,4H2,1-3H3,(H2,21,24). The molecule has 1 amide bonds. The van der Waals surface area contributed by atoms with Gasteiger partial charge in [0.05, 0.1) is 21.8 Å². The number of nitrogens with zero attached hydrogens (tertiary/aromatic N) is 2. The molecule has 0 aliphatic carbocycles. The van der Waals surface area contributed by atoms with Crippen molar-refractivity contribution in [1.82, 2.24) is 9.55 Å². The Morgan fingerprint density at radius 1 is 1.19 bits per heavy atom. The van der Waals surface area contributed by atoms with E-state index in [0.29, 0.717) is 22.5 Å². The second-order valence-corrected chi connectivity index (χ2v) is 7.36. The van der Waals surface area contributed by atoms with Crippen LogP contribution in [0.4, 0.5) is 0 Å². The molecule has 3 aromatic rings. The molecule has 0 radical (unpaired) electrons. The third-order valence-electron chi connectivity index (χ3n) is 4.50. The van der Waals surface area contributed by atoms with Crippen molar-refractivity contribution in [2.45, 2.75) is 37.6 Å². The van der Waals surface area contributed by atoms with Gasteiger partial charge in [-0.05, 0) is 49.6 Å². The zero-order valence-corrected chi connectivity index (χ0v) is 15.8. The van der Waals surface area contributed by atoms with Crippen molar-refractivity contribution < 1.29 is 4.79 Å². The number of carbonyl (C=O) groups is 1. The smallest absolute Gasteiger partial charge is 0.266 e. The number of para-hydroxylation sites is 1. The summed E-state index contributed by atoms with van der Waals surface area (Å²) in [6.07, 6.45) is 0.565. The van der Waals surface area contributed by atoms with Crippen LogP contribution >= 0.6 is 11.8 Å². The van der Waals surface area contributed by atoms with Crippen LogP contribution < -0.4 is 11.3 Å². The number of benzene rings is 2. The zero-order valence-electron chi connectivity index (χ0n) is 15.0. The molecule has 26 heavy (non-hydrogen) atoms. The minimum Gasteiger partial charge on any atom is -0.369 e. The quantitative estimate of drug-likeness (QED) is 0.554. The minimum atomic E-state index is -0.445. The molecule has 6 heteroatoms. The lowest BCUT2D eigenvalue weighted by Crippen LogP contribution is -2.28. The molecule has 0 fully saturated rings. The molecule has 2 aromatic carbocycles. The molecule has 2 N–H and O–H groups in total. The highest BCUT2D eigenvalue weighted by atomic mass is 32.2. The summed E-state index contributed by atoms with van der Waals surface area (Å²) < 4.78 is 1.60. The van der Waals surface area contributed by atoms with Gasteiger partial charge in [0.15, 0.2) is 5.16 Å². The average molecular weight is 367 g/mol. The molecule has 1 unspecified atom stereocenters. The van der Waals surface area contributed by atoms with Gasteiger partial charge in [-0.1, -0.05) is 43.0 Å². The number of rotatable bonds is 5. The third kappa shape index (κ3) is 3.24. The van der Waals surface area contributed by atoms with Gasteiger partial charge in [-0.3, -0.25) is 14.2 Å². The Labute approximate surface area is 156 Å². The van der Waals surface area contributed by atoms with Gasteiger partial charge in [-0.25, -0.2) is 4.98 Å². The fourth-order valence-electron chi connectivity index (χ4n) is 2.85. The molecule has 1 aromatic heterocycles. The van der Waals surface area contributed by atoms with Gasteiger partial charge in [0.25, 0.3) is 5.56 Å². The van der Waals surface area contributed by atoms with Crippen LogP contribution in [0.25, 0.3) is 16.6 Å². The van der Waals surface area contributed by atoms with E-state index in [1.54, 1.807) is 16.7 Å². The molecule has 3 rings (SSSR count). The lowest BCUT2D eigenvalue weighted by molar-refractivity contribution is -0.117. The number of hydrogen-bond donors (Lipinski definition) is 1. The minimum absolute atomic E-state index is 0.147. The molecule has 0 aliphatic heterocycles. The van der Waals surface area contributed by atoms with Crippen molar-refractivity contribution in [2.75, 3.05) is 0 Å². The Kier molecular flexibility index (Phi) is 5.13.